The predicted molar refractivity (Wildman–Crippen MR) is 68.5 cm³/mol. The lowest BCUT2D eigenvalue weighted by atomic mass is 10.1. The molecule has 0 spiro atoms. The van der Waals surface area contributed by atoms with Crippen molar-refractivity contribution in [1.29, 1.82) is 0 Å². The molecule has 3 rings (SSSR count). The quantitative estimate of drug-likeness (QED) is 0.766. The third-order valence-electron chi connectivity index (χ3n) is 2.79. The summed E-state index contributed by atoms with van der Waals surface area (Å²) in [6.45, 7) is 0. The second-order valence-corrected chi connectivity index (χ2v) is 4.39. The van der Waals surface area contributed by atoms with Gasteiger partial charge in [0.15, 0.2) is 5.43 Å². The lowest BCUT2D eigenvalue weighted by Crippen LogP contribution is -2.03. The number of hydrogen-bond acceptors (Lipinski definition) is 2. The summed E-state index contributed by atoms with van der Waals surface area (Å²) < 4.78 is 5.72. The standard InChI is InChI=1S/C14H9ClO2/c15-10-5-6-11-12(16)8-13(17-14(11)7-10)9-3-1-2-4-9/h1-9H. The van der Waals surface area contributed by atoms with Gasteiger partial charge in [-0.3, -0.25) is 4.79 Å². The maximum absolute atomic E-state index is 11.9. The van der Waals surface area contributed by atoms with Crippen LogP contribution in [0, 0.1) is 0 Å². The smallest absolute Gasteiger partial charge is 0.192 e. The Bertz CT molecular complexity index is 683. The zero-order valence-electron chi connectivity index (χ0n) is 8.89. The molecular weight excluding hydrogens is 236 g/mol. The van der Waals surface area contributed by atoms with Crippen molar-refractivity contribution in [2.75, 3.05) is 0 Å². The van der Waals surface area contributed by atoms with Crippen molar-refractivity contribution < 1.29 is 4.42 Å². The first-order valence-electron chi connectivity index (χ1n) is 5.32. The van der Waals surface area contributed by atoms with Crippen molar-refractivity contribution in [1.82, 2.24) is 0 Å². The van der Waals surface area contributed by atoms with Gasteiger partial charge in [0, 0.05) is 17.2 Å². The maximum atomic E-state index is 11.9. The minimum atomic E-state index is -0.0355. The van der Waals surface area contributed by atoms with Gasteiger partial charge in [-0.15, -0.1) is 0 Å². The molecule has 0 saturated heterocycles. The molecule has 1 heterocycles. The van der Waals surface area contributed by atoms with E-state index in [0.717, 1.165) is 0 Å². The first-order chi connectivity index (χ1) is 8.24. The summed E-state index contributed by atoms with van der Waals surface area (Å²) >= 11 is 5.89. The van der Waals surface area contributed by atoms with E-state index in [1.54, 1.807) is 24.3 Å². The molecule has 0 radical (unpaired) electrons. The Kier molecular flexibility index (Phi) is 2.37. The van der Waals surface area contributed by atoms with Gasteiger partial charge in [0.25, 0.3) is 0 Å². The summed E-state index contributed by atoms with van der Waals surface area (Å²) in [6.07, 6.45) is 7.84. The molecule has 0 amide bonds. The fourth-order valence-electron chi connectivity index (χ4n) is 1.93. The summed E-state index contributed by atoms with van der Waals surface area (Å²) in [6, 6.07) is 6.59. The van der Waals surface area contributed by atoms with Crippen molar-refractivity contribution >= 4 is 22.6 Å². The van der Waals surface area contributed by atoms with Gasteiger partial charge in [-0.25, -0.2) is 0 Å². The molecule has 3 heteroatoms. The van der Waals surface area contributed by atoms with E-state index < -0.39 is 0 Å². The fourth-order valence-corrected chi connectivity index (χ4v) is 2.10. The third-order valence-corrected chi connectivity index (χ3v) is 3.02. The summed E-state index contributed by atoms with van der Waals surface area (Å²) in [4.78, 5) is 11.9. The highest BCUT2D eigenvalue weighted by atomic mass is 35.5. The molecule has 1 aliphatic rings. The first-order valence-corrected chi connectivity index (χ1v) is 5.70. The minimum Gasteiger partial charge on any atom is -0.460 e. The molecule has 1 aromatic carbocycles. The van der Waals surface area contributed by atoms with Crippen LogP contribution in [0.1, 0.15) is 11.7 Å². The number of allylic oxidation sites excluding steroid dienone is 4. The molecule has 2 nitrogen and oxygen atoms in total. The van der Waals surface area contributed by atoms with Crippen LogP contribution in [0.2, 0.25) is 5.02 Å². The van der Waals surface area contributed by atoms with Gasteiger partial charge in [0.1, 0.15) is 11.3 Å². The molecule has 0 saturated carbocycles. The van der Waals surface area contributed by atoms with Gasteiger partial charge in [0.05, 0.1) is 11.3 Å². The van der Waals surface area contributed by atoms with E-state index in [2.05, 4.69) is 0 Å². The Morgan fingerprint density at radius 3 is 2.65 bits per heavy atom. The predicted octanol–water partition coefficient (Wildman–Crippen LogP) is 3.66. The average Bonchev–Trinajstić information content (AvgIpc) is 2.81. The normalized spacial score (nSPS) is 14.9. The molecule has 0 bridgehead atoms. The van der Waals surface area contributed by atoms with E-state index in [0.29, 0.717) is 21.8 Å². The lowest BCUT2D eigenvalue weighted by Gasteiger charge is -2.06. The Hall–Kier alpha value is -1.80. The SMILES string of the molecule is O=c1cc(C2C=CC=C2)oc2cc(Cl)ccc12. The van der Waals surface area contributed by atoms with E-state index in [4.69, 9.17) is 16.0 Å². The van der Waals surface area contributed by atoms with E-state index in [1.165, 1.54) is 0 Å². The van der Waals surface area contributed by atoms with E-state index in [-0.39, 0.29) is 11.3 Å². The Balaban J connectivity index is 2.25. The van der Waals surface area contributed by atoms with E-state index in [1.807, 2.05) is 24.3 Å². The second-order valence-electron chi connectivity index (χ2n) is 3.95. The molecular formula is C14H9ClO2. The van der Waals surface area contributed by atoms with Gasteiger partial charge in [-0.2, -0.15) is 0 Å². The van der Waals surface area contributed by atoms with Gasteiger partial charge in [-0.05, 0) is 12.1 Å². The monoisotopic (exact) mass is 244 g/mol. The van der Waals surface area contributed by atoms with Crippen molar-refractivity contribution in [2.45, 2.75) is 5.92 Å². The number of halogens is 1. The first kappa shape index (κ1) is 10.4. The maximum Gasteiger partial charge on any atom is 0.192 e. The van der Waals surface area contributed by atoms with E-state index in [9.17, 15) is 4.79 Å². The third kappa shape index (κ3) is 1.81. The van der Waals surface area contributed by atoms with Gasteiger partial charge >= 0.3 is 0 Å². The van der Waals surface area contributed by atoms with Crippen molar-refractivity contribution in [3.8, 4) is 0 Å². The van der Waals surface area contributed by atoms with Crippen LogP contribution in [0.15, 0.2) is 57.8 Å². The molecule has 0 aliphatic heterocycles. The minimum absolute atomic E-state index is 0.0355. The Morgan fingerprint density at radius 2 is 1.88 bits per heavy atom. The average molecular weight is 245 g/mol. The topological polar surface area (TPSA) is 30.2 Å². The number of benzene rings is 1. The molecule has 0 fully saturated rings. The largest absolute Gasteiger partial charge is 0.460 e. The van der Waals surface area contributed by atoms with Crippen molar-refractivity contribution in [3.63, 3.8) is 0 Å². The van der Waals surface area contributed by atoms with Crippen LogP contribution in [-0.4, -0.2) is 0 Å². The number of fused-ring (bicyclic) bond motifs is 1. The highest BCUT2D eigenvalue weighted by Crippen LogP contribution is 2.25. The van der Waals surface area contributed by atoms with Crippen LogP contribution in [0.25, 0.3) is 11.0 Å². The fraction of sp³-hybridized carbons (Fsp3) is 0.0714. The van der Waals surface area contributed by atoms with Gasteiger partial charge in [0.2, 0.25) is 0 Å². The molecule has 0 unspecified atom stereocenters. The highest BCUT2D eigenvalue weighted by Gasteiger charge is 2.12. The summed E-state index contributed by atoms with van der Waals surface area (Å²) in [5, 5.41) is 1.12. The lowest BCUT2D eigenvalue weighted by molar-refractivity contribution is 0.537. The van der Waals surface area contributed by atoms with Crippen LogP contribution < -0.4 is 5.43 Å². The zero-order valence-corrected chi connectivity index (χ0v) is 9.65. The zero-order chi connectivity index (χ0) is 11.8. The molecule has 17 heavy (non-hydrogen) atoms. The number of rotatable bonds is 1. The Labute approximate surface area is 103 Å². The van der Waals surface area contributed by atoms with Gasteiger partial charge < -0.3 is 4.42 Å². The highest BCUT2D eigenvalue weighted by molar-refractivity contribution is 6.31. The van der Waals surface area contributed by atoms with Crippen molar-refractivity contribution in [3.05, 3.63) is 69.6 Å². The molecule has 2 aromatic rings. The molecule has 1 aliphatic carbocycles. The summed E-state index contributed by atoms with van der Waals surface area (Å²) in [7, 11) is 0. The number of hydrogen-bond donors (Lipinski definition) is 0. The Morgan fingerprint density at radius 1 is 1.12 bits per heavy atom. The van der Waals surface area contributed by atoms with Gasteiger partial charge in [-0.1, -0.05) is 35.9 Å². The summed E-state index contributed by atoms with van der Waals surface area (Å²) in [5.41, 5.74) is 0.500. The van der Waals surface area contributed by atoms with E-state index >= 15 is 0 Å². The van der Waals surface area contributed by atoms with Crippen LogP contribution in [0.4, 0.5) is 0 Å². The second kappa shape index (κ2) is 3.90. The van der Waals surface area contributed by atoms with Crippen LogP contribution in [-0.2, 0) is 0 Å². The molecule has 0 N–H and O–H groups in total. The van der Waals surface area contributed by atoms with Crippen LogP contribution >= 0.6 is 11.6 Å². The molecule has 84 valence electrons. The summed E-state index contributed by atoms with van der Waals surface area (Å²) in [5.74, 6) is 0.695. The van der Waals surface area contributed by atoms with Crippen molar-refractivity contribution in [2.24, 2.45) is 0 Å². The molecule has 0 atom stereocenters. The van der Waals surface area contributed by atoms with Crippen LogP contribution in [0.3, 0.4) is 0 Å². The van der Waals surface area contributed by atoms with Crippen LogP contribution in [0.5, 0.6) is 0 Å². The molecule has 1 aromatic heterocycles.